The van der Waals surface area contributed by atoms with Gasteiger partial charge in [0.15, 0.2) is 0 Å². The number of nitrogens with one attached hydrogen (secondary N) is 3. The van der Waals surface area contributed by atoms with E-state index < -0.39 is 0 Å². The monoisotopic (exact) mass is 484 g/mol. The van der Waals surface area contributed by atoms with Crippen LogP contribution in [0.1, 0.15) is 66.9 Å². The number of fused-ring (bicyclic) bond motifs is 1. The quantitative estimate of drug-likeness (QED) is 0.273. The molecule has 0 unspecified atom stereocenters. The number of aromatic amines is 1. The Kier molecular flexibility index (Phi) is 7.84. The number of amides is 1. The molecule has 1 aliphatic rings. The summed E-state index contributed by atoms with van der Waals surface area (Å²) in [4.78, 5) is 12.6. The van der Waals surface area contributed by atoms with E-state index >= 15 is 0 Å². The molecule has 1 aromatic heterocycles. The van der Waals surface area contributed by atoms with E-state index in [1.54, 1.807) is 18.2 Å². The van der Waals surface area contributed by atoms with Crippen molar-refractivity contribution in [2.45, 2.75) is 58.3 Å². The van der Waals surface area contributed by atoms with Crippen LogP contribution in [0.2, 0.25) is 5.02 Å². The summed E-state index contributed by atoms with van der Waals surface area (Å²) < 4.78 is 6.16. The number of H-pyrrole nitrogens is 1. The second kappa shape index (κ2) is 11.2. The first kappa shape index (κ1) is 23.8. The second-order valence-electron chi connectivity index (χ2n) is 8.37. The van der Waals surface area contributed by atoms with Gasteiger partial charge in [0.2, 0.25) is 5.95 Å². The largest absolute Gasteiger partial charge is 0.507 e. The topological polar surface area (TPSA) is 125 Å². The van der Waals surface area contributed by atoms with Gasteiger partial charge >= 0.3 is 0 Å². The predicted molar refractivity (Wildman–Crippen MR) is 130 cm³/mol. The molecule has 0 radical (unpaired) electrons. The lowest BCUT2D eigenvalue weighted by molar-refractivity contribution is 0.0950. The summed E-state index contributed by atoms with van der Waals surface area (Å²) >= 11 is 6.60. The van der Waals surface area contributed by atoms with Crippen molar-refractivity contribution in [3.63, 3.8) is 0 Å². The van der Waals surface area contributed by atoms with Gasteiger partial charge in [-0.05, 0) is 65.9 Å². The van der Waals surface area contributed by atoms with Crippen molar-refractivity contribution in [2.24, 2.45) is 0 Å². The van der Waals surface area contributed by atoms with Gasteiger partial charge in [0.25, 0.3) is 5.91 Å². The Balaban J connectivity index is 1.49. The highest BCUT2D eigenvalue weighted by atomic mass is 35.5. The summed E-state index contributed by atoms with van der Waals surface area (Å²) in [6.07, 6.45) is 8.19. The normalized spacial score (nSPS) is 12.4. The van der Waals surface area contributed by atoms with Gasteiger partial charge in [-0.2, -0.15) is 0 Å². The molecule has 3 aromatic rings. The van der Waals surface area contributed by atoms with Crippen LogP contribution >= 0.6 is 11.6 Å². The summed E-state index contributed by atoms with van der Waals surface area (Å²) in [5, 5.41) is 30.4. The van der Waals surface area contributed by atoms with Gasteiger partial charge in [-0.1, -0.05) is 49.3 Å². The second-order valence-corrected chi connectivity index (χ2v) is 8.78. The fourth-order valence-corrected chi connectivity index (χ4v) is 4.44. The molecule has 9 nitrogen and oxygen atoms in total. The number of aromatic hydroxyl groups is 1. The highest BCUT2D eigenvalue weighted by Gasteiger charge is 2.24. The van der Waals surface area contributed by atoms with E-state index in [1.807, 2.05) is 0 Å². The van der Waals surface area contributed by atoms with E-state index in [2.05, 4.69) is 38.2 Å². The Hall–Kier alpha value is -3.33. The maximum absolute atomic E-state index is 12.6. The van der Waals surface area contributed by atoms with Crippen LogP contribution < -0.4 is 15.4 Å². The molecule has 0 saturated heterocycles. The summed E-state index contributed by atoms with van der Waals surface area (Å²) in [7, 11) is 0. The third-order valence-electron chi connectivity index (χ3n) is 5.90. The van der Waals surface area contributed by atoms with Crippen molar-refractivity contribution in [1.82, 2.24) is 25.9 Å². The number of hydrogen-bond acceptors (Lipinski definition) is 7. The van der Waals surface area contributed by atoms with Gasteiger partial charge in [-0.25, -0.2) is 5.10 Å². The Morgan fingerprint density at radius 3 is 2.79 bits per heavy atom. The van der Waals surface area contributed by atoms with Crippen LogP contribution in [0, 0.1) is 0 Å². The number of phenolic OH excluding ortho intramolecular Hbond substituents is 1. The lowest BCUT2D eigenvalue weighted by Crippen LogP contribution is -2.24. The number of tetrazole rings is 1. The molecule has 4 N–H and O–H groups in total. The maximum Gasteiger partial charge on any atom is 0.255 e. The zero-order valence-corrected chi connectivity index (χ0v) is 19.9. The summed E-state index contributed by atoms with van der Waals surface area (Å²) in [6, 6.07) is 6.43. The molecule has 1 heterocycles. The zero-order valence-electron chi connectivity index (χ0n) is 19.2. The number of hydrogen-bond donors (Lipinski definition) is 4. The van der Waals surface area contributed by atoms with Crippen molar-refractivity contribution in [3.8, 4) is 17.2 Å². The molecule has 4 rings (SSSR count). The minimum atomic E-state index is -0.324. The third-order valence-corrected chi connectivity index (χ3v) is 6.18. The molecule has 0 bridgehead atoms. The number of anilines is 2. The molecule has 0 saturated carbocycles. The number of nitrogens with zero attached hydrogens (tertiary/aromatic N) is 3. The van der Waals surface area contributed by atoms with Crippen LogP contribution in [0.4, 0.5) is 11.6 Å². The number of unbranched alkanes of at least 4 members (excludes halogenated alkanes) is 4. The molecular formula is C24H29ClN6O3. The van der Waals surface area contributed by atoms with E-state index in [0.717, 1.165) is 55.3 Å². The van der Waals surface area contributed by atoms with E-state index in [-0.39, 0.29) is 17.2 Å². The summed E-state index contributed by atoms with van der Waals surface area (Å²) in [6.45, 7) is 2.74. The predicted octanol–water partition coefficient (Wildman–Crippen LogP) is 5.28. The molecule has 0 atom stereocenters. The van der Waals surface area contributed by atoms with E-state index in [9.17, 15) is 9.90 Å². The van der Waals surface area contributed by atoms with Crippen LogP contribution in [0.3, 0.4) is 0 Å². The van der Waals surface area contributed by atoms with Gasteiger partial charge in [-0.15, -0.1) is 0 Å². The average molecular weight is 485 g/mol. The number of ether oxygens (including phenoxy) is 1. The lowest BCUT2D eigenvalue weighted by atomic mass is 10.1. The molecule has 1 aliphatic carbocycles. The van der Waals surface area contributed by atoms with Gasteiger partial charge in [0.05, 0.1) is 10.6 Å². The van der Waals surface area contributed by atoms with Crippen LogP contribution in [0.15, 0.2) is 24.3 Å². The minimum absolute atomic E-state index is 0.0904. The Bertz CT molecular complexity index is 1140. The van der Waals surface area contributed by atoms with E-state index in [0.29, 0.717) is 29.0 Å². The molecule has 1 amide bonds. The smallest absolute Gasteiger partial charge is 0.255 e. The summed E-state index contributed by atoms with van der Waals surface area (Å²) in [5.41, 5.74) is 3.10. The van der Waals surface area contributed by atoms with Crippen LogP contribution in [-0.2, 0) is 12.8 Å². The maximum atomic E-state index is 12.6. The van der Waals surface area contributed by atoms with Crippen molar-refractivity contribution in [2.75, 3.05) is 11.9 Å². The molecule has 0 aliphatic heterocycles. The third kappa shape index (κ3) is 5.59. The van der Waals surface area contributed by atoms with Crippen molar-refractivity contribution < 1.29 is 14.6 Å². The Morgan fingerprint density at radius 2 is 2.00 bits per heavy atom. The van der Waals surface area contributed by atoms with Crippen molar-refractivity contribution >= 4 is 29.1 Å². The lowest BCUT2D eigenvalue weighted by Gasteiger charge is -2.17. The van der Waals surface area contributed by atoms with E-state index in [1.165, 1.54) is 18.9 Å². The first-order chi connectivity index (χ1) is 16.6. The first-order valence-electron chi connectivity index (χ1n) is 11.7. The number of phenols is 1. The molecule has 0 fully saturated rings. The van der Waals surface area contributed by atoms with Gasteiger partial charge in [0, 0.05) is 17.8 Å². The number of halogens is 1. The number of carbonyl (C=O) groups excluding carboxylic acids is 1. The fourth-order valence-electron chi connectivity index (χ4n) is 4.18. The number of benzene rings is 2. The van der Waals surface area contributed by atoms with Crippen molar-refractivity contribution in [1.29, 1.82) is 0 Å². The molecule has 34 heavy (non-hydrogen) atoms. The van der Waals surface area contributed by atoms with Crippen LogP contribution in [0.5, 0.6) is 17.2 Å². The van der Waals surface area contributed by atoms with Crippen molar-refractivity contribution in [3.05, 3.63) is 46.0 Å². The number of carbonyl (C=O) groups is 1. The fraction of sp³-hybridized carbons (Fsp3) is 0.417. The molecule has 0 spiro atoms. The standard InChI is InChI=1S/C24H29ClN6O3/c1-2-3-4-5-6-12-26-23(33)18-13-15(10-11-21(18)32)34-22-17-9-7-8-16(17)20(14-19(22)25)27-24-28-30-31-29-24/h10-11,13-14,32H,2-9,12H2,1H3,(H,26,33)(H2,27,28,29,30,31). The van der Waals surface area contributed by atoms with Gasteiger partial charge in [0.1, 0.15) is 17.2 Å². The SMILES string of the molecule is CCCCCCCNC(=O)c1cc(Oc2c(Cl)cc(Nc3nnn[nH]3)c3c2CCC3)ccc1O. The zero-order chi connectivity index (χ0) is 23.9. The average Bonchev–Trinajstić information content (AvgIpc) is 3.52. The number of rotatable bonds is 11. The van der Waals surface area contributed by atoms with Gasteiger partial charge in [-0.3, -0.25) is 4.79 Å². The molecular weight excluding hydrogens is 456 g/mol. The summed E-state index contributed by atoms with van der Waals surface area (Å²) in [5.74, 6) is 1.01. The minimum Gasteiger partial charge on any atom is -0.507 e. The highest BCUT2D eigenvalue weighted by Crippen LogP contribution is 2.44. The number of aromatic nitrogens is 4. The Labute approximate surface area is 203 Å². The highest BCUT2D eigenvalue weighted by molar-refractivity contribution is 6.32. The van der Waals surface area contributed by atoms with Crippen LogP contribution in [-0.4, -0.2) is 38.2 Å². The molecule has 180 valence electrons. The van der Waals surface area contributed by atoms with E-state index in [4.69, 9.17) is 16.3 Å². The van der Waals surface area contributed by atoms with Gasteiger partial charge < -0.3 is 20.5 Å². The van der Waals surface area contributed by atoms with Crippen LogP contribution in [0.25, 0.3) is 0 Å². The molecule has 2 aromatic carbocycles. The first-order valence-corrected chi connectivity index (χ1v) is 12.1. The molecule has 10 heteroatoms. The Morgan fingerprint density at radius 1 is 1.18 bits per heavy atom.